The Morgan fingerprint density at radius 2 is 2.10 bits per heavy atom. The second-order valence-electron chi connectivity index (χ2n) is 6.65. The van der Waals surface area contributed by atoms with Crippen molar-refractivity contribution in [1.82, 2.24) is 10.7 Å². The quantitative estimate of drug-likeness (QED) is 0.253. The Kier molecular flexibility index (Phi) is 7.49. The molecule has 1 heterocycles. The molecule has 1 fully saturated rings. The van der Waals surface area contributed by atoms with Gasteiger partial charge in [-0.15, -0.1) is 0 Å². The number of anilines is 2. The van der Waals surface area contributed by atoms with Crippen LogP contribution in [0, 0.1) is 10.1 Å². The normalized spacial score (nSPS) is 15.8. The van der Waals surface area contributed by atoms with Crippen LogP contribution in [0.1, 0.15) is 12.8 Å². The zero-order valence-electron chi connectivity index (χ0n) is 16.1. The van der Waals surface area contributed by atoms with Gasteiger partial charge in [-0.25, -0.2) is 8.42 Å². The Hall–Kier alpha value is -2.67. The maximum Gasteiger partial charge on any atom is 0.295 e. The summed E-state index contributed by atoms with van der Waals surface area (Å²) in [6, 6.07) is 9.60. The van der Waals surface area contributed by atoms with E-state index in [1.807, 2.05) is 0 Å². The van der Waals surface area contributed by atoms with Gasteiger partial charge in [0.2, 0.25) is 0 Å². The lowest BCUT2D eigenvalue weighted by atomic mass is 10.2. The van der Waals surface area contributed by atoms with Crippen molar-refractivity contribution in [2.24, 2.45) is 0 Å². The number of ether oxygens (including phenoxy) is 1. The highest BCUT2D eigenvalue weighted by molar-refractivity contribution is 7.92. The molecule has 13 heteroatoms. The predicted octanol–water partition coefficient (Wildman–Crippen LogP) is 3.02. The first-order valence-electron chi connectivity index (χ1n) is 9.23. The third-order valence-corrected chi connectivity index (χ3v) is 6.24. The van der Waals surface area contributed by atoms with E-state index in [4.69, 9.17) is 28.6 Å². The van der Waals surface area contributed by atoms with Crippen molar-refractivity contribution in [3.05, 3.63) is 57.6 Å². The third-order valence-electron chi connectivity index (χ3n) is 4.38. The van der Waals surface area contributed by atoms with E-state index in [0.717, 1.165) is 25.5 Å². The van der Waals surface area contributed by atoms with E-state index in [9.17, 15) is 18.5 Å². The molecule has 3 rings (SSSR count). The smallest absolute Gasteiger partial charge is 0.295 e. The monoisotopic (exact) mass is 485 g/mol. The van der Waals surface area contributed by atoms with Crippen LogP contribution in [0.5, 0.6) is 0 Å². The molecule has 4 N–H and O–H groups in total. The Bertz CT molecular complexity index is 1080. The molecule has 0 saturated carbocycles. The van der Waals surface area contributed by atoms with Crippen LogP contribution in [0.15, 0.2) is 47.4 Å². The van der Waals surface area contributed by atoms with Gasteiger partial charge < -0.3 is 10.1 Å². The number of nitrogens with zero attached hydrogens (tertiary/aromatic N) is 1. The van der Waals surface area contributed by atoms with Crippen molar-refractivity contribution in [1.29, 1.82) is 0 Å². The van der Waals surface area contributed by atoms with Crippen molar-refractivity contribution >= 4 is 56.0 Å². The van der Waals surface area contributed by atoms with E-state index in [1.54, 1.807) is 12.1 Å². The SMILES string of the molecule is O=[N+]([O-])c1cc(S(=O)(=O)Nc2cccc(Cl)c2)ccc1NNC(=S)NC[C@@H]1CCCO1. The fraction of sp³-hybridized carbons (Fsp3) is 0.278. The van der Waals surface area contributed by atoms with E-state index in [0.29, 0.717) is 11.6 Å². The molecular formula is C18H20ClN5O5S2. The number of thiocarbonyl (C=S) groups is 1. The molecule has 166 valence electrons. The molecule has 0 aromatic heterocycles. The molecule has 10 nitrogen and oxygen atoms in total. The third kappa shape index (κ3) is 6.40. The van der Waals surface area contributed by atoms with Gasteiger partial charge in [0.05, 0.1) is 21.6 Å². The minimum Gasteiger partial charge on any atom is -0.376 e. The van der Waals surface area contributed by atoms with Crippen LogP contribution in [-0.2, 0) is 14.8 Å². The maximum atomic E-state index is 12.6. The fourth-order valence-corrected chi connectivity index (χ4v) is 4.28. The van der Waals surface area contributed by atoms with Gasteiger partial charge in [-0.05, 0) is 55.4 Å². The topological polar surface area (TPSA) is 135 Å². The summed E-state index contributed by atoms with van der Waals surface area (Å²) in [7, 11) is -4.07. The summed E-state index contributed by atoms with van der Waals surface area (Å²) in [5, 5.41) is 15.0. The zero-order chi connectivity index (χ0) is 22.4. The highest BCUT2D eigenvalue weighted by atomic mass is 35.5. The lowest BCUT2D eigenvalue weighted by Gasteiger charge is -2.15. The van der Waals surface area contributed by atoms with Crippen molar-refractivity contribution in [3.8, 4) is 0 Å². The lowest BCUT2D eigenvalue weighted by molar-refractivity contribution is -0.384. The summed E-state index contributed by atoms with van der Waals surface area (Å²) < 4.78 is 33.1. The number of nitro groups is 1. The minimum absolute atomic E-state index is 0.0490. The molecule has 1 saturated heterocycles. The fourth-order valence-electron chi connectivity index (χ4n) is 2.88. The molecule has 0 amide bonds. The molecule has 31 heavy (non-hydrogen) atoms. The molecule has 0 bridgehead atoms. The van der Waals surface area contributed by atoms with Gasteiger partial charge in [0.25, 0.3) is 15.7 Å². The van der Waals surface area contributed by atoms with Gasteiger partial charge in [-0.2, -0.15) is 0 Å². The predicted molar refractivity (Wildman–Crippen MR) is 122 cm³/mol. The van der Waals surface area contributed by atoms with Crippen LogP contribution in [0.25, 0.3) is 0 Å². The molecule has 2 aromatic carbocycles. The zero-order valence-corrected chi connectivity index (χ0v) is 18.5. The van der Waals surface area contributed by atoms with Crippen LogP contribution >= 0.6 is 23.8 Å². The molecule has 1 aliphatic heterocycles. The van der Waals surface area contributed by atoms with Crippen molar-refractivity contribution in [2.45, 2.75) is 23.8 Å². The van der Waals surface area contributed by atoms with Crippen molar-refractivity contribution in [3.63, 3.8) is 0 Å². The molecule has 0 aliphatic carbocycles. The average molecular weight is 486 g/mol. The first-order chi connectivity index (χ1) is 14.7. The molecule has 1 aliphatic rings. The number of halogens is 1. The number of hydrogen-bond donors (Lipinski definition) is 4. The summed E-state index contributed by atoms with van der Waals surface area (Å²) in [6.07, 6.45) is 2.01. The van der Waals surface area contributed by atoms with Gasteiger partial charge in [0.1, 0.15) is 5.69 Å². The van der Waals surface area contributed by atoms with Crippen LogP contribution < -0.4 is 20.9 Å². The van der Waals surface area contributed by atoms with E-state index < -0.39 is 20.6 Å². The Morgan fingerprint density at radius 3 is 2.77 bits per heavy atom. The first kappa shape index (κ1) is 23.0. The second-order valence-corrected chi connectivity index (χ2v) is 9.17. The summed E-state index contributed by atoms with van der Waals surface area (Å²) in [4.78, 5) is 10.5. The summed E-state index contributed by atoms with van der Waals surface area (Å²) in [6.45, 7) is 1.24. The average Bonchev–Trinajstić information content (AvgIpc) is 3.24. The lowest BCUT2D eigenvalue weighted by Crippen LogP contribution is -2.42. The van der Waals surface area contributed by atoms with Crippen LogP contribution in [-0.4, -0.2) is 37.7 Å². The molecule has 1 atom stereocenters. The number of nitrogens with one attached hydrogen (secondary N) is 4. The summed E-state index contributed by atoms with van der Waals surface area (Å²) in [5.41, 5.74) is 5.14. The summed E-state index contributed by atoms with van der Waals surface area (Å²) in [5.74, 6) is 0. The van der Waals surface area contributed by atoms with E-state index in [2.05, 4.69) is 20.9 Å². The Morgan fingerprint density at radius 1 is 1.29 bits per heavy atom. The molecule has 0 spiro atoms. The summed E-state index contributed by atoms with van der Waals surface area (Å²) >= 11 is 11.0. The minimum atomic E-state index is -4.07. The molecule has 2 aromatic rings. The highest BCUT2D eigenvalue weighted by Gasteiger charge is 2.22. The largest absolute Gasteiger partial charge is 0.376 e. The Labute approximate surface area is 189 Å². The Balaban J connectivity index is 1.68. The van der Waals surface area contributed by atoms with Crippen LogP contribution in [0.2, 0.25) is 5.02 Å². The highest BCUT2D eigenvalue weighted by Crippen LogP contribution is 2.28. The number of rotatable bonds is 8. The van der Waals surface area contributed by atoms with Crippen molar-refractivity contribution < 1.29 is 18.1 Å². The first-order valence-corrected chi connectivity index (χ1v) is 11.5. The standard InChI is InChI=1S/C18H20ClN5O5S2/c19-12-3-1-4-13(9-12)23-31(27,28)15-6-7-16(17(10-15)24(25)26)21-22-18(30)20-11-14-5-2-8-29-14/h1,3-4,6-7,9-10,14,21,23H,2,5,8,11H2,(H2,20,22,30)/t14-/m0/s1. The number of hydrazine groups is 1. The molecular weight excluding hydrogens is 466 g/mol. The second kappa shape index (κ2) is 10.1. The van der Waals surface area contributed by atoms with E-state index in [-0.39, 0.29) is 27.5 Å². The van der Waals surface area contributed by atoms with Gasteiger partial charge in [0.15, 0.2) is 5.11 Å². The maximum absolute atomic E-state index is 12.6. The van der Waals surface area contributed by atoms with Gasteiger partial charge in [0, 0.05) is 24.2 Å². The number of nitro benzene ring substituents is 1. The van der Waals surface area contributed by atoms with Crippen LogP contribution in [0.3, 0.4) is 0 Å². The van der Waals surface area contributed by atoms with E-state index in [1.165, 1.54) is 24.3 Å². The number of benzene rings is 2. The number of hydrogen-bond acceptors (Lipinski definition) is 7. The molecule has 0 radical (unpaired) electrons. The van der Waals surface area contributed by atoms with Crippen LogP contribution in [0.4, 0.5) is 17.1 Å². The van der Waals surface area contributed by atoms with E-state index >= 15 is 0 Å². The number of sulfonamides is 1. The van der Waals surface area contributed by atoms with Crippen molar-refractivity contribution in [2.75, 3.05) is 23.3 Å². The molecule has 0 unspecified atom stereocenters. The van der Waals surface area contributed by atoms with Gasteiger partial charge in [-0.3, -0.25) is 25.7 Å². The van der Waals surface area contributed by atoms with Gasteiger partial charge >= 0.3 is 0 Å². The van der Waals surface area contributed by atoms with Gasteiger partial charge in [-0.1, -0.05) is 17.7 Å².